The van der Waals surface area contributed by atoms with Gasteiger partial charge in [0.2, 0.25) is 0 Å². The van der Waals surface area contributed by atoms with Gasteiger partial charge in [-0.25, -0.2) is 4.98 Å². The Morgan fingerprint density at radius 3 is 2.43 bits per heavy atom. The maximum absolute atomic E-state index is 13.1. The average molecular weight is 413 g/mol. The molecule has 3 saturated heterocycles. The van der Waals surface area contributed by atoms with E-state index in [9.17, 15) is 18.0 Å². The Kier molecular flexibility index (Phi) is 4.39. The Balaban J connectivity index is 1.60. The van der Waals surface area contributed by atoms with Crippen LogP contribution in [-0.2, 0) is 10.9 Å². The van der Waals surface area contributed by atoms with Crippen molar-refractivity contribution in [3.8, 4) is 0 Å². The summed E-state index contributed by atoms with van der Waals surface area (Å²) in [6, 6.07) is 12.2. The number of hydrogen-bond acceptors (Lipinski definition) is 5. The molecular formula is C22H18F3N3O2. The second-order valence-electron chi connectivity index (χ2n) is 7.59. The van der Waals surface area contributed by atoms with Crippen LogP contribution in [0, 0.1) is 0 Å². The van der Waals surface area contributed by atoms with Crippen molar-refractivity contribution >= 4 is 34.4 Å². The quantitative estimate of drug-likeness (QED) is 0.624. The van der Waals surface area contributed by atoms with Crippen LogP contribution >= 0.6 is 0 Å². The number of pyridine rings is 1. The van der Waals surface area contributed by atoms with Crippen LogP contribution in [0.15, 0.2) is 48.5 Å². The maximum Gasteiger partial charge on any atom is 0.416 e. The normalized spacial score (nSPS) is 20.7. The number of carbonyl (C=O) groups excluding carboxylic acids is 1. The zero-order valence-corrected chi connectivity index (χ0v) is 15.8. The Morgan fingerprint density at radius 2 is 1.77 bits per heavy atom. The second-order valence-corrected chi connectivity index (χ2v) is 7.59. The molecule has 2 aromatic carbocycles. The maximum atomic E-state index is 13.1. The van der Waals surface area contributed by atoms with Gasteiger partial charge in [-0.1, -0.05) is 30.3 Å². The van der Waals surface area contributed by atoms with E-state index < -0.39 is 11.7 Å². The molecular weight excluding hydrogens is 395 g/mol. The zero-order valence-electron chi connectivity index (χ0n) is 15.8. The summed E-state index contributed by atoms with van der Waals surface area (Å²) in [6.45, 7) is 1.26. The Labute approximate surface area is 170 Å². The molecule has 1 aromatic heterocycles. The summed E-state index contributed by atoms with van der Waals surface area (Å²) in [6.07, 6.45) is -2.41. The number of benzene rings is 2. The van der Waals surface area contributed by atoms with Gasteiger partial charge in [-0.15, -0.1) is 0 Å². The minimum atomic E-state index is -4.44. The number of nitrogens with zero attached hydrogens (tertiary/aromatic N) is 2. The Bertz CT molecular complexity index is 1120. The largest absolute Gasteiger partial charge is 0.416 e. The van der Waals surface area contributed by atoms with Crippen LogP contribution < -0.4 is 10.2 Å². The Morgan fingerprint density at radius 1 is 1.07 bits per heavy atom. The number of rotatable bonds is 4. The lowest BCUT2D eigenvalue weighted by Crippen LogP contribution is -2.57. The van der Waals surface area contributed by atoms with E-state index in [0.717, 1.165) is 24.8 Å². The number of ether oxygens (including phenoxy) is 1. The number of alkyl halides is 3. The number of halogens is 3. The van der Waals surface area contributed by atoms with Crippen LogP contribution in [0.3, 0.4) is 0 Å². The first-order valence-corrected chi connectivity index (χ1v) is 9.65. The number of aromatic nitrogens is 1. The first-order valence-electron chi connectivity index (χ1n) is 9.65. The predicted molar refractivity (Wildman–Crippen MR) is 107 cm³/mol. The summed E-state index contributed by atoms with van der Waals surface area (Å²) < 4.78 is 45.0. The summed E-state index contributed by atoms with van der Waals surface area (Å²) in [5, 5.41) is 4.39. The van der Waals surface area contributed by atoms with Crippen molar-refractivity contribution in [1.82, 2.24) is 4.98 Å². The SMILES string of the molecule is O=Cc1c(N2CC3CC(C2)O3)nc(Nc2cccc(C(F)(F)F)c2)c2ccccc12. The molecule has 0 aliphatic carbocycles. The van der Waals surface area contributed by atoms with Crippen LogP contribution in [0.4, 0.5) is 30.5 Å². The van der Waals surface area contributed by atoms with E-state index in [1.54, 1.807) is 18.2 Å². The molecule has 154 valence electrons. The van der Waals surface area contributed by atoms with Gasteiger partial charge in [-0.2, -0.15) is 13.2 Å². The van der Waals surface area contributed by atoms with Crippen molar-refractivity contribution in [3.05, 3.63) is 59.7 Å². The van der Waals surface area contributed by atoms with Crippen molar-refractivity contribution in [3.63, 3.8) is 0 Å². The molecule has 30 heavy (non-hydrogen) atoms. The molecule has 2 atom stereocenters. The molecule has 3 fully saturated rings. The van der Waals surface area contributed by atoms with E-state index in [4.69, 9.17) is 4.74 Å². The highest BCUT2D eigenvalue weighted by Crippen LogP contribution is 2.37. The van der Waals surface area contributed by atoms with Crippen LogP contribution in [0.25, 0.3) is 10.8 Å². The summed E-state index contributed by atoms with van der Waals surface area (Å²) >= 11 is 0. The lowest BCUT2D eigenvalue weighted by molar-refractivity contribution is -0.137. The van der Waals surface area contributed by atoms with Crippen LogP contribution in [0.2, 0.25) is 0 Å². The van der Waals surface area contributed by atoms with Gasteiger partial charge in [-0.05, 0) is 23.6 Å². The minimum Gasteiger partial charge on any atom is -0.371 e. The lowest BCUT2D eigenvalue weighted by atomic mass is 9.97. The molecule has 3 aliphatic rings. The first kappa shape index (κ1) is 18.9. The third-order valence-electron chi connectivity index (χ3n) is 5.56. The summed E-state index contributed by atoms with van der Waals surface area (Å²) in [5.74, 6) is 0.932. The lowest BCUT2D eigenvalue weighted by Gasteiger charge is -2.47. The van der Waals surface area contributed by atoms with E-state index in [1.165, 1.54) is 6.07 Å². The summed E-state index contributed by atoms with van der Waals surface area (Å²) in [5.41, 5.74) is 0.00778. The molecule has 0 spiro atoms. The molecule has 0 saturated carbocycles. The highest BCUT2D eigenvalue weighted by atomic mass is 19.4. The predicted octanol–water partition coefficient (Wildman–Crippen LogP) is 4.79. The van der Waals surface area contributed by atoms with Gasteiger partial charge in [0.25, 0.3) is 0 Å². The first-order chi connectivity index (χ1) is 14.4. The van der Waals surface area contributed by atoms with Crippen molar-refractivity contribution < 1.29 is 22.7 Å². The molecule has 0 radical (unpaired) electrons. The highest BCUT2D eigenvalue weighted by Gasteiger charge is 2.39. The number of aldehydes is 1. The van der Waals surface area contributed by atoms with Gasteiger partial charge in [0.1, 0.15) is 11.6 Å². The standard InChI is InChI=1S/C22H18F3N3O2/c23-22(24,25)13-4-3-5-14(8-13)26-20-18-7-2-1-6-17(18)19(12-29)21(27-20)28-10-15-9-16(11-28)30-15/h1-8,12,15-16H,9-11H2,(H,26,27). The Hall–Kier alpha value is -3.13. The van der Waals surface area contributed by atoms with Gasteiger partial charge in [-0.3, -0.25) is 4.79 Å². The van der Waals surface area contributed by atoms with Crippen molar-refractivity contribution in [2.24, 2.45) is 0 Å². The molecule has 2 unspecified atom stereocenters. The monoisotopic (exact) mass is 413 g/mol. The van der Waals surface area contributed by atoms with Crippen LogP contribution in [0.5, 0.6) is 0 Å². The van der Waals surface area contributed by atoms with E-state index in [0.29, 0.717) is 41.1 Å². The van der Waals surface area contributed by atoms with Crippen molar-refractivity contribution in [1.29, 1.82) is 0 Å². The smallest absolute Gasteiger partial charge is 0.371 e. The number of piperidine rings is 1. The van der Waals surface area contributed by atoms with Crippen LogP contribution in [0.1, 0.15) is 22.3 Å². The minimum absolute atomic E-state index is 0.122. The van der Waals surface area contributed by atoms with E-state index in [1.807, 2.05) is 17.0 Å². The van der Waals surface area contributed by atoms with E-state index in [2.05, 4.69) is 10.3 Å². The number of anilines is 3. The number of carbonyl (C=O) groups is 1. The zero-order chi connectivity index (χ0) is 20.9. The van der Waals surface area contributed by atoms with Gasteiger partial charge >= 0.3 is 6.18 Å². The summed E-state index contributed by atoms with van der Waals surface area (Å²) in [4.78, 5) is 18.7. The fourth-order valence-electron chi connectivity index (χ4n) is 4.16. The molecule has 3 aromatic rings. The third kappa shape index (κ3) is 3.27. The molecule has 8 heteroatoms. The number of morpholine rings is 1. The fraction of sp³-hybridized carbons (Fsp3) is 0.273. The molecule has 3 aliphatic heterocycles. The molecule has 1 N–H and O–H groups in total. The highest BCUT2D eigenvalue weighted by molar-refractivity contribution is 6.07. The molecule has 5 nitrogen and oxygen atoms in total. The fourth-order valence-corrected chi connectivity index (χ4v) is 4.16. The summed E-state index contributed by atoms with van der Waals surface area (Å²) in [7, 11) is 0. The number of nitrogens with one attached hydrogen (secondary N) is 1. The molecule has 0 amide bonds. The molecule has 2 bridgehead atoms. The van der Waals surface area contributed by atoms with E-state index in [-0.39, 0.29) is 17.9 Å². The second kappa shape index (κ2) is 6.98. The van der Waals surface area contributed by atoms with Crippen molar-refractivity contribution in [2.75, 3.05) is 23.3 Å². The number of fused-ring (bicyclic) bond motifs is 3. The van der Waals surface area contributed by atoms with Gasteiger partial charge in [0.15, 0.2) is 6.29 Å². The van der Waals surface area contributed by atoms with Gasteiger partial charge in [0, 0.05) is 30.6 Å². The van der Waals surface area contributed by atoms with Gasteiger partial charge < -0.3 is 15.0 Å². The van der Waals surface area contributed by atoms with Crippen LogP contribution in [-0.4, -0.2) is 36.6 Å². The third-order valence-corrected chi connectivity index (χ3v) is 5.56. The molecule has 4 heterocycles. The number of hydrogen-bond donors (Lipinski definition) is 1. The van der Waals surface area contributed by atoms with Gasteiger partial charge in [0.05, 0.1) is 23.3 Å². The van der Waals surface area contributed by atoms with Crippen molar-refractivity contribution in [2.45, 2.75) is 24.8 Å². The average Bonchev–Trinajstić information content (AvgIpc) is 2.73. The molecule has 6 rings (SSSR count). The van der Waals surface area contributed by atoms with E-state index >= 15 is 0 Å². The topological polar surface area (TPSA) is 54.5 Å².